The van der Waals surface area contributed by atoms with Crippen molar-refractivity contribution < 1.29 is 18.8 Å². The molecule has 1 fully saturated rings. The third-order valence-corrected chi connectivity index (χ3v) is 5.43. The molecule has 1 amide bonds. The van der Waals surface area contributed by atoms with Crippen molar-refractivity contribution in [2.24, 2.45) is 0 Å². The first kappa shape index (κ1) is 19.4. The van der Waals surface area contributed by atoms with Crippen LogP contribution in [0, 0.1) is 6.92 Å². The van der Waals surface area contributed by atoms with Gasteiger partial charge in [0.15, 0.2) is 0 Å². The van der Waals surface area contributed by atoms with Crippen LogP contribution in [0.2, 0.25) is 0 Å². The smallest absolute Gasteiger partial charge is 0.274 e. The van der Waals surface area contributed by atoms with Gasteiger partial charge in [-0.15, -0.1) is 0 Å². The highest BCUT2D eigenvalue weighted by Gasteiger charge is 2.43. The molecule has 2 atom stereocenters. The standard InChI is InChI=1S/C22H20FN5O3/c1-12-2-3-14(20-26-22(31-27-20)15-10-16(15)23)9-17(12)25-21(30)18-11-24-19-8-13(5-7-29)4-6-28(18)19/h2-4,6,8-9,11,15-16,29H,5,7,10H2,1H3,(H,25,30)/t15-,16-/m0/s1. The normalized spacial score (nSPS) is 17.8. The summed E-state index contributed by atoms with van der Waals surface area (Å²) in [6.45, 7) is 1.94. The largest absolute Gasteiger partial charge is 0.396 e. The highest BCUT2D eigenvalue weighted by Crippen LogP contribution is 2.43. The number of pyridine rings is 1. The van der Waals surface area contributed by atoms with E-state index < -0.39 is 6.17 Å². The Morgan fingerprint density at radius 3 is 2.97 bits per heavy atom. The Bertz CT molecular complexity index is 1280. The molecular weight excluding hydrogens is 401 g/mol. The van der Waals surface area contributed by atoms with Crippen LogP contribution >= 0.6 is 0 Å². The van der Waals surface area contributed by atoms with E-state index >= 15 is 0 Å². The zero-order valence-corrected chi connectivity index (χ0v) is 16.7. The molecule has 0 radical (unpaired) electrons. The number of aliphatic hydroxyl groups excluding tert-OH is 1. The number of aryl methyl sites for hydroxylation is 1. The highest BCUT2D eigenvalue weighted by atomic mass is 19.1. The van der Waals surface area contributed by atoms with Crippen molar-refractivity contribution in [3.63, 3.8) is 0 Å². The molecule has 8 nitrogen and oxygen atoms in total. The molecule has 0 bridgehead atoms. The van der Waals surface area contributed by atoms with Crippen LogP contribution in [-0.2, 0) is 6.42 Å². The van der Waals surface area contributed by atoms with Crippen molar-refractivity contribution >= 4 is 17.2 Å². The average Bonchev–Trinajstić information content (AvgIpc) is 3.16. The third-order valence-electron chi connectivity index (χ3n) is 5.43. The molecule has 3 aromatic heterocycles. The molecule has 5 rings (SSSR count). The minimum atomic E-state index is -0.911. The van der Waals surface area contributed by atoms with Crippen LogP contribution in [0.15, 0.2) is 47.2 Å². The van der Waals surface area contributed by atoms with Crippen LogP contribution in [0.4, 0.5) is 10.1 Å². The first-order chi connectivity index (χ1) is 15.0. The van der Waals surface area contributed by atoms with E-state index in [1.54, 1.807) is 16.7 Å². The number of nitrogens with one attached hydrogen (secondary N) is 1. The summed E-state index contributed by atoms with van der Waals surface area (Å²) in [6, 6.07) is 9.14. The van der Waals surface area contributed by atoms with E-state index in [-0.39, 0.29) is 18.4 Å². The number of aromatic nitrogens is 4. The molecule has 0 saturated heterocycles. The summed E-state index contributed by atoms with van der Waals surface area (Å²) in [4.78, 5) is 21.5. The zero-order valence-electron chi connectivity index (χ0n) is 16.7. The van der Waals surface area contributed by atoms with Crippen molar-refractivity contribution in [2.45, 2.75) is 31.9 Å². The van der Waals surface area contributed by atoms with Gasteiger partial charge in [-0.05, 0) is 49.1 Å². The van der Waals surface area contributed by atoms with Crippen LogP contribution in [0.1, 0.15) is 39.8 Å². The van der Waals surface area contributed by atoms with Gasteiger partial charge in [0, 0.05) is 24.1 Å². The van der Waals surface area contributed by atoms with Crippen molar-refractivity contribution in [3.05, 3.63) is 65.4 Å². The van der Waals surface area contributed by atoms with Gasteiger partial charge in [-0.3, -0.25) is 9.20 Å². The lowest BCUT2D eigenvalue weighted by atomic mass is 10.1. The van der Waals surface area contributed by atoms with E-state index in [1.807, 2.05) is 31.2 Å². The van der Waals surface area contributed by atoms with Crippen LogP contribution in [0.5, 0.6) is 0 Å². The van der Waals surface area contributed by atoms with E-state index in [1.165, 1.54) is 6.20 Å². The minimum absolute atomic E-state index is 0.0523. The van der Waals surface area contributed by atoms with Crippen molar-refractivity contribution in [1.82, 2.24) is 19.5 Å². The maximum atomic E-state index is 13.2. The molecule has 2 N–H and O–H groups in total. The summed E-state index contributed by atoms with van der Waals surface area (Å²) in [5, 5.41) is 16.0. The number of aliphatic hydroxyl groups is 1. The molecule has 9 heteroatoms. The Hall–Kier alpha value is -3.59. The molecule has 1 aliphatic rings. The molecule has 31 heavy (non-hydrogen) atoms. The second-order valence-electron chi connectivity index (χ2n) is 7.68. The predicted molar refractivity (Wildman–Crippen MR) is 111 cm³/mol. The number of benzene rings is 1. The number of fused-ring (bicyclic) bond motifs is 1. The molecule has 0 aliphatic heterocycles. The van der Waals surface area contributed by atoms with E-state index in [0.717, 1.165) is 11.1 Å². The van der Waals surface area contributed by atoms with Crippen LogP contribution in [0.3, 0.4) is 0 Å². The Labute approximate surface area is 176 Å². The number of rotatable bonds is 6. The fourth-order valence-electron chi connectivity index (χ4n) is 3.48. The summed E-state index contributed by atoms with van der Waals surface area (Å²) in [6.07, 6.45) is 3.31. The monoisotopic (exact) mass is 421 g/mol. The summed E-state index contributed by atoms with van der Waals surface area (Å²) < 4.78 is 20.1. The number of alkyl halides is 1. The van der Waals surface area contributed by atoms with Gasteiger partial charge < -0.3 is 14.9 Å². The number of hydrogen-bond acceptors (Lipinski definition) is 6. The summed E-state index contributed by atoms with van der Waals surface area (Å²) in [7, 11) is 0. The maximum Gasteiger partial charge on any atom is 0.274 e. The highest BCUT2D eigenvalue weighted by molar-refractivity contribution is 6.04. The summed E-state index contributed by atoms with van der Waals surface area (Å²) >= 11 is 0. The Morgan fingerprint density at radius 1 is 1.35 bits per heavy atom. The van der Waals surface area contributed by atoms with E-state index in [9.17, 15) is 9.18 Å². The maximum absolute atomic E-state index is 13.2. The Morgan fingerprint density at radius 2 is 2.19 bits per heavy atom. The molecule has 0 spiro atoms. The second kappa shape index (κ2) is 7.59. The number of amides is 1. The number of carbonyl (C=O) groups excluding carboxylic acids is 1. The van der Waals surface area contributed by atoms with Gasteiger partial charge in [0.05, 0.1) is 12.1 Å². The third kappa shape index (κ3) is 3.68. The molecule has 1 aromatic carbocycles. The minimum Gasteiger partial charge on any atom is -0.396 e. The lowest BCUT2D eigenvalue weighted by molar-refractivity contribution is 0.102. The lowest BCUT2D eigenvalue weighted by Crippen LogP contribution is -2.15. The van der Waals surface area contributed by atoms with Crippen LogP contribution in [0.25, 0.3) is 17.0 Å². The Balaban J connectivity index is 1.39. The molecule has 0 unspecified atom stereocenters. The number of halogens is 1. The molecule has 4 aromatic rings. The number of nitrogens with zero attached hydrogens (tertiary/aromatic N) is 4. The summed E-state index contributed by atoms with van der Waals surface area (Å²) in [5.41, 5.74) is 4.10. The van der Waals surface area contributed by atoms with E-state index in [2.05, 4.69) is 20.4 Å². The SMILES string of the molecule is Cc1ccc(-c2noc([C@H]3C[C@@H]3F)n2)cc1NC(=O)c1cnc2cc(CCO)ccn12. The first-order valence-corrected chi connectivity index (χ1v) is 10.0. The second-order valence-corrected chi connectivity index (χ2v) is 7.68. The van der Waals surface area contributed by atoms with Gasteiger partial charge in [-0.1, -0.05) is 17.3 Å². The van der Waals surface area contributed by atoms with E-state index in [0.29, 0.717) is 47.1 Å². The predicted octanol–water partition coefficient (Wildman–Crippen LogP) is 3.31. The quantitative estimate of drug-likeness (QED) is 0.495. The molecule has 158 valence electrons. The van der Waals surface area contributed by atoms with Crippen LogP contribution in [-0.4, -0.2) is 43.3 Å². The lowest BCUT2D eigenvalue weighted by Gasteiger charge is -2.10. The first-order valence-electron chi connectivity index (χ1n) is 10.0. The van der Waals surface area contributed by atoms with Crippen LogP contribution < -0.4 is 5.32 Å². The molecule has 3 heterocycles. The molecular formula is C22H20FN5O3. The number of imidazole rings is 1. The van der Waals surface area contributed by atoms with Gasteiger partial charge >= 0.3 is 0 Å². The van der Waals surface area contributed by atoms with Gasteiger partial charge in [-0.2, -0.15) is 4.98 Å². The van der Waals surface area contributed by atoms with Gasteiger partial charge in [-0.25, -0.2) is 9.37 Å². The van der Waals surface area contributed by atoms with E-state index in [4.69, 9.17) is 9.63 Å². The van der Waals surface area contributed by atoms with Crippen molar-refractivity contribution in [2.75, 3.05) is 11.9 Å². The Kier molecular flexibility index (Phi) is 4.74. The van der Waals surface area contributed by atoms with Gasteiger partial charge in [0.2, 0.25) is 11.7 Å². The topological polar surface area (TPSA) is 106 Å². The van der Waals surface area contributed by atoms with Gasteiger partial charge in [0.1, 0.15) is 17.5 Å². The number of hydrogen-bond donors (Lipinski definition) is 2. The molecule has 1 saturated carbocycles. The number of anilines is 1. The van der Waals surface area contributed by atoms with Crippen molar-refractivity contribution in [3.8, 4) is 11.4 Å². The fourth-order valence-corrected chi connectivity index (χ4v) is 3.48. The van der Waals surface area contributed by atoms with Crippen molar-refractivity contribution in [1.29, 1.82) is 0 Å². The summed E-state index contributed by atoms with van der Waals surface area (Å²) in [5.74, 6) is 0.0457. The molecule has 1 aliphatic carbocycles. The van der Waals surface area contributed by atoms with Gasteiger partial charge in [0.25, 0.3) is 5.91 Å². The fraction of sp³-hybridized carbons (Fsp3) is 0.273. The zero-order chi connectivity index (χ0) is 21.5. The average molecular weight is 421 g/mol. The number of carbonyl (C=O) groups is 1.